The predicted octanol–water partition coefficient (Wildman–Crippen LogP) is 1.40. The number of allylic oxidation sites excluding steroid dienone is 4. The van der Waals surface area contributed by atoms with Crippen molar-refractivity contribution in [3.8, 4) is 0 Å². The molecule has 0 aliphatic heterocycles. The maximum absolute atomic E-state index is 3.46. The van der Waals surface area contributed by atoms with Gasteiger partial charge < -0.3 is 0 Å². The Kier molecular flexibility index (Phi) is 8.14. The van der Waals surface area contributed by atoms with Crippen LogP contribution in [0.2, 0.25) is 0 Å². The van der Waals surface area contributed by atoms with Gasteiger partial charge in [0.1, 0.15) is 0 Å². The Morgan fingerprint density at radius 3 is 3.00 bits per heavy atom. The standard InChI is InChI=1S/C7H7Si.Os/c1-2-3-4-5-6-7-8;/h4,6-7H,1,3H2;/q-2;/b7-6-;. The Balaban J connectivity index is 3.37. The first-order valence-corrected chi connectivity index (χ1v) is 7.23. The van der Waals surface area contributed by atoms with E-state index in [9.17, 15) is 0 Å². The van der Waals surface area contributed by atoms with Gasteiger partial charge in [0.15, 0.2) is 0 Å². The van der Waals surface area contributed by atoms with Gasteiger partial charge in [-0.25, -0.2) is 0 Å². The monoisotopic (exact) mass is 311 g/mol. The summed E-state index contributed by atoms with van der Waals surface area (Å²) in [5, 5.41) is 0. The molecular formula is C7H7OsSi-2. The van der Waals surface area contributed by atoms with Gasteiger partial charge >= 0.3 is 67.2 Å². The van der Waals surface area contributed by atoms with Gasteiger partial charge in [-0.3, -0.25) is 0 Å². The molecule has 9 heavy (non-hydrogen) atoms. The minimum atomic E-state index is 0.791. The van der Waals surface area contributed by atoms with E-state index in [1.807, 2.05) is 29.3 Å². The maximum atomic E-state index is 3.46. The second kappa shape index (κ2) is 8.07. The molecule has 0 aromatic heterocycles. The molecule has 0 aromatic carbocycles. The van der Waals surface area contributed by atoms with Crippen LogP contribution >= 0.6 is 0 Å². The molecule has 0 amide bonds. The van der Waals surface area contributed by atoms with Crippen molar-refractivity contribution in [1.29, 1.82) is 0 Å². The molecule has 0 saturated carbocycles. The average molecular weight is 309 g/mol. The van der Waals surface area contributed by atoms with E-state index in [1.54, 1.807) is 0 Å². The van der Waals surface area contributed by atoms with Crippen LogP contribution in [0.15, 0.2) is 24.4 Å². The molecule has 0 N–H and O–H groups in total. The Labute approximate surface area is 67.3 Å². The summed E-state index contributed by atoms with van der Waals surface area (Å²) < 4.78 is 0. The van der Waals surface area contributed by atoms with Crippen LogP contribution in [0, 0.1) is 12.2 Å². The normalized spacial score (nSPS) is 10.2. The van der Waals surface area contributed by atoms with Gasteiger partial charge in [0.25, 0.3) is 0 Å². The Morgan fingerprint density at radius 2 is 2.44 bits per heavy atom. The fourth-order valence-corrected chi connectivity index (χ4v) is 1.07. The van der Waals surface area contributed by atoms with Gasteiger partial charge in [-0.1, -0.05) is 0 Å². The van der Waals surface area contributed by atoms with E-state index in [1.165, 1.54) is 0 Å². The molecule has 0 rings (SSSR count). The molecular weight excluding hydrogens is 302 g/mol. The number of hydrogen-bond donors (Lipinski definition) is 0. The van der Waals surface area contributed by atoms with Crippen molar-refractivity contribution in [3.05, 3.63) is 36.6 Å². The third kappa shape index (κ3) is 8.07. The first-order chi connectivity index (χ1) is 4.41. The molecule has 0 atom stereocenters. The van der Waals surface area contributed by atoms with Crippen molar-refractivity contribution in [1.82, 2.24) is 0 Å². The van der Waals surface area contributed by atoms with Gasteiger partial charge in [0, 0.05) is 0 Å². The second-order valence-corrected chi connectivity index (χ2v) is 4.00. The summed E-state index contributed by atoms with van der Waals surface area (Å²) in [6.45, 7) is 4.36. The van der Waals surface area contributed by atoms with Crippen LogP contribution in [0.1, 0.15) is 6.42 Å². The summed E-state index contributed by atoms with van der Waals surface area (Å²) in [4.78, 5) is 0. The van der Waals surface area contributed by atoms with Crippen molar-refractivity contribution >= 4 is 7.00 Å². The molecule has 0 fully saturated rings. The van der Waals surface area contributed by atoms with E-state index in [0.717, 1.165) is 13.4 Å². The van der Waals surface area contributed by atoms with E-state index in [2.05, 4.69) is 24.4 Å². The SMILES string of the molecule is C=[C-]CC=[C-]/C=C\[Si]#[Os]. The molecule has 0 aromatic rings. The van der Waals surface area contributed by atoms with Gasteiger partial charge in [-0.15, -0.1) is 0 Å². The fraction of sp³-hybridized carbons (Fsp3) is 0.143. The van der Waals surface area contributed by atoms with E-state index in [4.69, 9.17) is 0 Å². The van der Waals surface area contributed by atoms with Crippen LogP contribution in [0.4, 0.5) is 0 Å². The van der Waals surface area contributed by atoms with Crippen molar-refractivity contribution < 1.29 is 17.2 Å². The van der Waals surface area contributed by atoms with Crippen molar-refractivity contribution in [3.63, 3.8) is 0 Å². The number of rotatable bonds is 3. The van der Waals surface area contributed by atoms with E-state index >= 15 is 0 Å². The van der Waals surface area contributed by atoms with Crippen molar-refractivity contribution in [2.24, 2.45) is 0 Å². The summed E-state index contributed by atoms with van der Waals surface area (Å²) in [6, 6.07) is 0. The van der Waals surface area contributed by atoms with Crippen LogP contribution in [0.5, 0.6) is 0 Å². The molecule has 0 nitrogen and oxygen atoms in total. The summed E-state index contributed by atoms with van der Waals surface area (Å²) >= 11 is 1.95. The predicted molar refractivity (Wildman–Crippen MR) is 36.2 cm³/mol. The first kappa shape index (κ1) is 9.07. The second-order valence-electron chi connectivity index (χ2n) is 1.26. The van der Waals surface area contributed by atoms with Gasteiger partial charge in [0.05, 0.1) is 0 Å². The molecule has 0 bridgehead atoms. The van der Waals surface area contributed by atoms with Crippen LogP contribution in [0.3, 0.4) is 0 Å². The molecule has 2 heteroatoms. The van der Waals surface area contributed by atoms with Crippen LogP contribution in [0.25, 0.3) is 0 Å². The summed E-state index contributed by atoms with van der Waals surface area (Å²) in [7, 11) is 0. The molecule has 0 aliphatic rings. The topological polar surface area (TPSA) is 0 Å². The molecule has 0 radical (unpaired) electrons. The van der Waals surface area contributed by atoms with E-state index in [-0.39, 0.29) is 0 Å². The fourth-order valence-electron chi connectivity index (χ4n) is 0.277. The zero-order valence-corrected chi connectivity index (χ0v) is 8.54. The van der Waals surface area contributed by atoms with Crippen molar-refractivity contribution in [2.75, 3.05) is 0 Å². The summed E-state index contributed by atoms with van der Waals surface area (Å²) in [5.41, 5.74) is 2.10. The Morgan fingerprint density at radius 1 is 1.67 bits per heavy atom. The van der Waals surface area contributed by atoms with Crippen molar-refractivity contribution in [2.45, 2.75) is 6.42 Å². The van der Waals surface area contributed by atoms with Gasteiger partial charge in [-0.2, -0.15) is 0 Å². The third-order valence-electron chi connectivity index (χ3n) is 0.603. The van der Waals surface area contributed by atoms with Crippen LogP contribution in [-0.4, -0.2) is 7.00 Å². The minimum absolute atomic E-state index is 0.791. The molecule has 0 saturated heterocycles. The molecule has 0 unspecified atom stereocenters. The van der Waals surface area contributed by atoms with Crippen LogP contribution in [-0.2, 0) is 17.2 Å². The zero-order chi connectivity index (χ0) is 6.95. The summed E-state index contributed by atoms with van der Waals surface area (Å²) in [5.74, 6) is 0. The Hall–Kier alpha value is 0.0732. The molecule has 0 spiro atoms. The first-order valence-electron chi connectivity index (χ1n) is 2.49. The third-order valence-corrected chi connectivity index (χ3v) is 2.16. The molecule has 0 aliphatic carbocycles. The Bertz CT molecular complexity index is 162. The average Bonchev–Trinajstić information content (AvgIpc) is 1.89. The van der Waals surface area contributed by atoms with E-state index < -0.39 is 0 Å². The summed E-state index contributed by atoms with van der Waals surface area (Å²) in [6.07, 6.45) is 10.4. The number of hydrogen-bond acceptors (Lipinski definition) is 0. The van der Waals surface area contributed by atoms with Gasteiger partial charge in [-0.05, 0) is 0 Å². The quantitative estimate of drug-likeness (QED) is 0.420. The van der Waals surface area contributed by atoms with Crippen LogP contribution < -0.4 is 0 Å². The van der Waals surface area contributed by atoms with Gasteiger partial charge in [0.2, 0.25) is 0 Å². The zero-order valence-electron chi connectivity index (χ0n) is 5.00. The van der Waals surface area contributed by atoms with E-state index in [0.29, 0.717) is 0 Å². The molecule has 0 heterocycles. The molecule has 49 valence electrons.